The zero-order valence-corrected chi connectivity index (χ0v) is 19.5. The van der Waals surface area contributed by atoms with Crippen molar-refractivity contribution >= 4 is 6.09 Å². The van der Waals surface area contributed by atoms with Crippen molar-refractivity contribution in [2.24, 2.45) is 0 Å². The number of hydrogen-bond donors (Lipinski definition) is 0. The summed E-state index contributed by atoms with van der Waals surface area (Å²) in [5, 5.41) is 0. The number of nitrogens with zero attached hydrogens (tertiary/aromatic N) is 1. The first-order valence-electron chi connectivity index (χ1n) is 11.6. The van der Waals surface area contributed by atoms with Crippen molar-refractivity contribution in [2.45, 2.75) is 77.4 Å². The maximum Gasteiger partial charge on any atom is 0.410 e. The summed E-state index contributed by atoms with van der Waals surface area (Å²) < 4.78 is 11.6. The maximum absolute atomic E-state index is 12.5. The van der Waals surface area contributed by atoms with Crippen LogP contribution in [-0.2, 0) is 11.2 Å². The Bertz CT molecular complexity index is 811. The first-order chi connectivity index (χ1) is 14.8. The van der Waals surface area contributed by atoms with Crippen LogP contribution in [0.1, 0.15) is 70.4 Å². The first kappa shape index (κ1) is 23.2. The number of benzene rings is 2. The van der Waals surface area contributed by atoms with Crippen LogP contribution in [0.25, 0.3) is 0 Å². The molecule has 3 rings (SSSR count). The van der Waals surface area contributed by atoms with Gasteiger partial charge in [-0.1, -0.05) is 49.4 Å². The first-order valence-corrected chi connectivity index (χ1v) is 11.6. The summed E-state index contributed by atoms with van der Waals surface area (Å²) in [6, 6.07) is 19.2. The van der Waals surface area contributed by atoms with E-state index in [1.54, 1.807) is 0 Å². The molecule has 2 unspecified atom stereocenters. The van der Waals surface area contributed by atoms with Gasteiger partial charge in [0.15, 0.2) is 0 Å². The summed E-state index contributed by atoms with van der Waals surface area (Å²) in [6.45, 7) is 9.38. The van der Waals surface area contributed by atoms with Gasteiger partial charge in [0.2, 0.25) is 0 Å². The molecule has 0 saturated carbocycles. The molecule has 4 nitrogen and oxygen atoms in total. The lowest BCUT2D eigenvalue weighted by Crippen LogP contribution is -2.46. The quantitative estimate of drug-likeness (QED) is 0.504. The molecule has 0 radical (unpaired) electrons. The minimum absolute atomic E-state index is 0.189. The van der Waals surface area contributed by atoms with Crippen molar-refractivity contribution in [3.8, 4) is 5.75 Å². The van der Waals surface area contributed by atoms with Crippen LogP contribution in [0.5, 0.6) is 5.75 Å². The molecule has 1 heterocycles. The SMILES string of the molecule is CC(Cc1ccc(OCCC2CCCCN2C(=O)OC(C)(C)C)cc1)c1ccccc1. The van der Waals surface area contributed by atoms with Crippen molar-refractivity contribution in [3.05, 3.63) is 65.7 Å². The molecule has 2 atom stereocenters. The Morgan fingerprint density at radius 3 is 2.45 bits per heavy atom. The molecule has 1 aliphatic heterocycles. The summed E-state index contributed by atoms with van der Waals surface area (Å²) in [4.78, 5) is 14.4. The molecule has 31 heavy (non-hydrogen) atoms. The normalized spacial score (nSPS) is 17.8. The van der Waals surface area contributed by atoms with Crippen LogP contribution in [0.2, 0.25) is 0 Å². The monoisotopic (exact) mass is 423 g/mol. The predicted molar refractivity (Wildman–Crippen MR) is 126 cm³/mol. The van der Waals surface area contributed by atoms with Gasteiger partial charge in [-0.25, -0.2) is 4.79 Å². The van der Waals surface area contributed by atoms with Crippen LogP contribution in [0.15, 0.2) is 54.6 Å². The summed E-state index contributed by atoms with van der Waals surface area (Å²) in [7, 11) is 0. The topological polar surface area (TPSA) is 38.8 Å². The van der Waals surface area contributed by atoms with Crippen molar-refractivity contribution < 1.29 is 14.3 Å². The van der Waals surface area contributed by atoms with Crippen LogP contribution in [0.4, 0.5) is 4.79 Å². The molecule has 2 aromatic carbocycles. The minimum atomic E-state index is -0.463. The van der Waals surface area contributed by atoms with E-state index in [1.807, 2.05) is 25.7 Å². The Hall–Kier alpha value is -2.49. The van der Waals surface area contributed by atoms with Gasteiger partial charge in [0.05, 0.1) is 6.61 Å². The van der Waals surface area contributed by atoms with Crippen molar-refractivity contribution in [1.29, 1.82) is 0 Å². The molecule has 0 bridgehead atoms. The minimum Gasteiger partial charge on any atom is -0.494 e. The molecule has 1 aliphatic rings. The number of carbonyl (C=O) groups excluding carboxylic acids is 1. The van der Waals surface area contributed by atoms with Crippen molar-refractivity contribution in [1.82, 2.24) is 4.90 Å². The molecule has 168 valence electrons. The van der Waals surface area contributed by atoms with Crippen LogP contribution < -0.4 is 4.74 Å². The number of amides is 1. The fraction of sp³-hybridized carbons (Fsp3) is 0.519. The molecule has 1 amide bonds. The smallest absolute Gasteiger partial charge is 0.410 e. The Morgan fingerprint density at radius 1 is 1.06 bits per heavy atom. The number of piperidine rings is 1. The van der Waals surface area contributed by atoms with Crippen LogP contribution in [-0.4, -0.2) is 35.8 Å². The second-order valence-corrected chi connectivity index (χ2v) is 9.62. The highest BCUT2D eigenvalue weighted by atomic mass is 16.6. The molecule has 0 spiro atoms. The Morgan fingerprint density at radius 2 is 1.77 bits per heavy atom. The standard InChI is InChI=1S/C27H37NO3/c1-21(23-10-6-5-7-11-23)20-22-13-15-25(16-14-22)30-19-17-24-12-8-9-18-28(24)26(29)31-27(2,3)4/h5-7,10-11,13-16,21,24H,8-9,12,17-20H2,1-4H3. The molecule has 1 fully saturated rings. The number of likely N-dealkylation sites (tertiary alicyclic amines) is 1. The van der Waals surface area contributed by atoms with Gasteiger partial charge in [-0.3, -0.25) is 0 Å². The van der Waals surface area contributed by atoms with Crippen LogP contribution >= 0.6 is 0 Å². The van der Waals surface area contributed by atoms with E-state index in [0.717, 1.165) is 44.4 Å². The zero-order chi connectivity index (χ0) is 22.3. The van der Waals surface area contributed by atoms with E-state index in [-0.39, 0.29) is 12.1 Å². The fourth-order valence-corrected chi connectivity index (χ4v) is 4.15. The lowest BCUT2D eigenvalue weighted by molar-refractivity contribution is 0.00743. The molecule has 1 saturated heterocycles. The van der Waals surface area contributed by atoms with E-state index in [9.17, 15) is 4.79 Å². The van der Waals surface area contributed by atoms with E-state index in [1.165, 1.54) is 11.1 Å². The largest absolute Gasteiger partial charge is 0.494 e. The molecule has 0 N–H and O–H groups in total. The second-order valence-electron chi connectivity index (χ2n) is 9.62. The van der Waals surface area contributed by atoms with Gasteiger partial charge in [-0.2, -0.15) is 0 Å². The van der Waals surface area contributed by atoms with Gasteiger partial charge in [-0.05, 0) is 75.6 Å². The van der Waals surface area contributed by atoms with Crippen molar-refractivity contribution in [3.63, 3.8) is 0 Å². The fourth-order valence-electron chi connectivity index (χ4n) is 4.15. The van der Waals surface area contributed by atoms with Gasteiger partial charge in [0, 0.05) is 19.0 Å². The molecular formula is C27H37NO3. The van der Waals surface area contributed by atoms with E-state index in [4.69, 9.17) is 9.47 Å². The van der Waals surface area contributed by atoms with E-state index < -0.39 is 5.60 Å². The third-order valence-corrected chi connectivity index (χ3v) is 5.81. The highest BCUT2D eigenvalue weighted by Gasteiger charge is 2.30. The Balaban J connectivity index is 1.47. The molecule has 4 heteroatoms. The lowest BCUT2D eigenvalue weighted by atomic mass is 9.94. The highest BCUT2D eigenvalue weighted by Crippen LogP contribution is 2.24. The number of rotatable bonds is 7. The van der Waals surface area contributed by atoms with E-state index in [0.29, 0.717) is 12.5 Å². The third-order valence-electron chi connectivity index (χ3n) is 5.81. The predicted octanol–water partition coefficient (Wildman–Crippen LogP) is 6.59. The van der Waals surface area contributed by atoms with Crippen LogP contribution in [0, 0.1) is 0 Å². The van der Waals surface area contributed by atoms with Gasteiger partial charge < -0.3 is 14.4 Å². The Kier molecular flexibility index (Phi) is 8.00. The number of carbonyl (C=O) groups is 1. The molecular weight excluding hydrogens is 386 g/mol. The van der Waals surface area contributed by atoms with E-state index >= 15 is 0 Å². The lowest BCUT2D eigenvalue weighted by Gasteiger charge is -2.36. The zero-order valence-electron chi connectivity index (χ0n) is 19.5. The Labute approximate surface area is 187 Å². The number of ether oxygens (including phenoxy) is 2. The summed E-state index contributed by atoms with van der Waals surface area (Å²) in [6.07, 6.45) is 4.84. The van der Waals surface area contributed by atoms with Gasteiger partial charge in [0.25, 0.3) is 0 Å². The van der Waals surface area contributed by atoms with Gasteiger partial charge >= 0.3 is 6.09 Å². The summed E-state index contributed by atoms with van der Waals surface area (Å²) in [5.74, 6) is 1.37. The maximum atomic E-state index is 12.5. The van der Waals surface area contributed by atoms with Crippen molar-refractivity contribution in [2.75, 3.05) is 13.2 Å². The third kappa shape index (κ3) is 7.30. The highest BCUT2D eigenvalue weighted by molar-refractivity contribution is 5.68. The molecule has 0 aromatic heterocycles. The second kappa shape index (κ2) is 10.7. The molecule has 0 aliphatic carbocycles. The average molecular weight is 424 g/mol. The average Bonchev–Trinajstić information content (AvgIpc) is 2.75. The van der Waals surface area contributed by atoms with Crippen LogP contribution in [0.3, 0.4) is 0 Å². The number of hydrogen-bond acceptors (Lipinski definition) is 3. The van der Waals surface area contributed by atoms with Gasteiger partial charge in [0.1, 0.15) is 11.4 Å². The van der Waals surface area contributed by atoms with E-state index in [2.05, 4.69) is 61.5 Å². The van der Waals surface area contributed by atoms with Gasteiger partial charge in [-0.15, -0.1) is 0 Å². The summed E-state index contributed by atoms with van der Waals surface area (Å²) in [5.41, 5.74) is 2.21. The summed E-state index contributed by atoms with van der Waals surface area (Å²) >= 11 is 0. The molecule has 2 aromatic rings.